The molecule has 71 heavy (non-hydrogen) atoms. The Morgan fingerprint density at radius 1 is 0.310 bits per heavy atom. The number of hydrogen-bond donors (Lipinski definition) is 0. The third-order valence-corrected chi connectivity index (χ3v) is 11.9. The first kappa shape index (κ1) is 58.3. The molecule has 0 saturated heterocycles. The maximum Gasteiger partial charge on any atom is 0.0352 e. The summed E-state index contributed by atoms with van der Waals surface area (Å²) in [6.45, 7) is 29.5. The van der Waals surface area contributed by atoms with Crippen LogP contribution in [0.4, 0.5) is 0 Å². The Bertz CT molecular complexity index is 2830. The van der Waals surface area contributed by atoms with Crippen LogP contribution in [0.2, 0.25) is 0 Å². The van der Waals surface area contributed by atoms with Gasteiger partial charge < -0.3 is 0 Å². The number of rotatable bonds is 6. The molecule has 0 saturated carbocycles. The minimum atomic E-state index is 0. The summed E-state index contributed by atoms with van der Waals surface area (Å²) < 4.78 is 0. The van der Waals surface area contributed by atoms with Gasteiger partial charge in [0.15, 0.2) is 0 Å². The number of benzene rings is 9. The summed E-state index contributed by atoms with van der Waals surface area (Å²) in [5.74, 6) is 1.34. The maximum absolute atomic E-state index is 2.27. The van der Waals surface area contributed by atoms with Crippen LogP contribution in [0, 0.1) is 40.5 Å². The molecule has 9 aromatic rings. The Labute approximate surface area is 432 Å². The van der Waals surface area contributed by atoms with Gasteiger partial charge in [0.05, 0.1) is 0 Å². The van der Waals surface area contributed by atoms with Crippen molar-refractivity contribution < 1.29 is 0 Å². The molecule has 368 valence electrons. The summed E-state index contributed by atoms with van der Waals surface area (Å²) in [4.78, 5) is 0. The summed E-state index contributed by atoms with van der Waals surface area (Å²) in [6.07, 6.45) is 0. The molecule has 1 atom stereocenters. The summed E-state index contributed by atoms with van der Waals surface area (Å²) >= 11 is 0. The quantitative estimate of drug-likeness (QED) is 0.156. The zero-order valence-corrected chi connectivity index (χ0v) is 44.9. The number of hydrogen-bond acceptors (Lipinski definition) is 0. The topological polar surface area (TPSA) is 0 Å². The van der Waals surface area contributed by atoms with Crippen molar-refractivity contribution in [3.63, 3.8) is 0 Å². The van der Waals surface area contributed by atoms with Gasteiger partial charge in [0.1, 0.15) is 0 Å². The van der Waals surface area contributed by atoms with Crippen molar-refractivity contribution in [3.8, 4) is 55.6 Å². The molecule has 1 unspecified atom stereocenters. The Hall–Kier alpha value is -7.02. The normalized spacial score (nSPS) is 11.1. The zero-order valence-electron chi connectivity index (χ0n) is 44.9. The lowest BCUT2D eigenvalue weighted by atomic mass is 9.88. The monoisotopic (exact) mass is 937 g/mol. The standard InChI is InChI=1S/C22H22.C19H14.C19H16.C4H10.3C2H6.CH4/c1-15-9-5-7-11-19(15)21-13-14-22(18(4)17(21)3)20-12-8-6-10-16(20)2;1-3-8-14(9-4-1)16-12-7-13-17-18(19(16)17)15-10-5-2-6-11-15;1-15-7-5-10-17(13-15)19-12-6-11-18(14-19)16-8-3-2-4-9-16;1-4(2)3;3*1-2;/h5-14H,1-4H3;1-13,18H;2-14H,1H3;4H,1-3H3;3*1-2H3;1H4. The van der Waals surface area contributed by atoms with Gasteiger partial charge in [0.2, 0.25) is 0 Å². The lowest BCUT2D eigenvalue weighted by Crippen LogP contribution is -1.94. The molecule has 0 heteroatoms. The lowest BCUT2D eigenvalue weighted by Gasteiger charge is -2.16. The summed E-state index contributed by atoms with van der Waals surface area (Å²) in [5, 5.41) is 0. The van der Waals surface area contributed by atoms with Gasteiger partial charge >= 0.3 is 0 Å². The molecule has 0 fully saturated rings. The van der Waals surface area contributed by atoms with Gasteiger partial charge in [-0.15, -0.1) is 0 Å². The molecule has 0 bridgehead atoms. The zero-order chi connectivity index (χ0) is 51.0. The maximum atomic E-state index is 2.27. The fourth-order valence-electron chi connectivity index (χ4n) is 8.42. The van der Waals surface area contributed by atoms with Gasteiger partial charge in [-0.2, -0.15) is 0 Å². The highest BCUT2D eigenvalue weighted by atomic mass is 14.4. The van der Waals surface area contributed by atoms with Crippen LogP contribution in [0.25, 0.3) is 55.6 Å². The largest absolute Gasteiger partial charge is 0.0776 e. The van der Waals surface area contributed by atoms with E-state index < -0.39 is 0 Å². The Kier molecular flexibility index (Phi) is 25.1. The lowest BCUT2D eigenvalue weighted by molar-refractivity contribution is 0.737. The molecule has 0 heterocycles. The van der Waals surface area contributed by atoms with Crippen LogP contribution in [0.15, 0.2) is 218 Å². The second-order valence-electron chi connectivity index (χ2n) is 17.6. The third-order valence-electron chi connectivity index (χ3n) is 11.9. The third kappa shape index (κ3) is 16.3. The average Bonchev–Trinajstić information content (AvgIpc) is 4.16. The molecule has 0 aliphatic heterocycles. The van der Waals surface area contributed by atoms with E-state index in [1.54, 1.807) is 0 Å². The van der Waals surface area contributed by atoms with Crippen LogP contribution in [0.1, 0.15) is 120 Å². The van der Waals surface area contributed by atoms with E-state index >= 15 is 0 Å². The van der Waals surface area contributed by atoms with Crippen LogP contribution in [-0.4, -0.2) is 0 Å². The van der Waals surface area contributed by atoms with E-state index in [-0.39, 0.29) is 7.43 Å². The minimum absolute atomic E-state index is 0. The van der Waals surface area contributed by atoms with Gasteiger partial charge in [0.25, 0.3) is 0 Å². The van der Waals surface area contributed by atoms with Crippen molar-refractivity contribution in [2.24, 2.45) is 5.92 Å². The van der Waals surface area contributed by atoms with Crippen molar-refractivity contribution in [3.05, 3.63) is 263 Å². The fraction of sp³-hybridized carbons (Fsp3) is 0.239. The minimum Gasteiger partial charge on any atom is -0.0776 e. The Morgan fingerprint density at radius 2 is 0.662 bits per heavy atom. The van der Waals surface area contributed by atoms with Crippen molar-refractivity contribution in [1.29, 1.82) is 0 Å². The highest BCUT2D eigenvalue weighted by Gasteiger charge is 2.36. The second-order valence-corrected chi connectivity index (χ2v) is 17.6. The molecule has 10 rings (SSSR count). The van der Waals surface area contributed by atoms with E-state index in [1.165, 1.54) is 100 Å². The molecular formula is C71H84. The van der Waals surface area contributed by atoms with Crippen LogP contribution in [0.5, 0.6) is 0 Å². The summed E-state index contributed by atoms with van der Waals surface area (Å²) in [6, 6.07) is 77.7. The summed E-state index contributed by atoms with van der Waals surface area (Å²) in [5.41, 5.74) is 24.2. The average molecular weight is 937 g/mol. The Morgan fingerprint density at radius 3 is 1.13 bits per heavy atom. The SMILES string of the molecule is C.CC.CC.CC.CC(C)C.Cc1cccc(-c2cccc(-c3ccccc3)c2)c1.Cc1ccccc1-c1ccc(-c2ccccc2C)c(C)c1C.c1ccc(-c2cccc3c2C3c2ccccc2)cc1. The molecule has 0 aromatic heterocycles. The second kappa shape index (κ2) is 30.6. The fourth-order valence-corrected chi connectivity index (χ4v) is 8.42. The van der Waals surface area contributed by atoms with Gasteiger partial charge in [-0.25, -0.2) is 0 Å². The van der Waals surface area contributed by atoms with E-state index in [9.17, 15) is 0 Å². The van der Waals surface area contributed by atoms with E-state index in [4.69, 9.17) is 0 Å². The van der Waals surface area contributed by atoms with E-state index in [2.05, 4.69) is 268 Å². The van der Waals surface area contributed by atoms with Crippen LogP contribution in [-0.2, 0) is 0 Å². The highest BCUT2D eigenvalue weighted by molar-refractivity contribution is 5.81. The molecule has 0 N–H and O–H groups in total. The van der Waals surface area contributed by atoms with Crippen molar-refractivity contribution in [1.82, 2.24) is 0 Å². The van der Waals surface area contributed by atoms with Crippen molar-refractivity contribution in [2.45, 2.75) is 110 Å². The molecular weight excluding hydrogens is 853 g/mol. The van der Waals surface area contributed by atoms with Gasteiger partial charge in [-0.3, -0.25) is 0 Å². The van der Waals surface area contributed by atoms with Gasteiger partial charge in [-0.05, 0) is 141 Å². The van der Waals surface area contributed by atoms with E-state index in [0.29, 0.717) is 5.92 Å². The molecule has 0 spiro atoms. The Balaban J connectivity index is 0.000000256. The van der Waals surface area contributed by atoms with Crippen molar-refractivity contribution >= 4 is 0 Å². The van der Waals surface area contributed by atoms with Gasteiger partial charge in [0, 0.05) is 5.92 Å². The first-order chi connectivity index (χ1) is 34.1. The van der Waals surface area contributed by atoms with Crippen molar-refractivity contribution in [2.75, 3.05) is 0 Å². The molecule has 0 radical (unpaired) electrons. The molecule has 9 aromatic carbocycles. The smallest absolute Gasteiger partial charge is 0.0352 e. The van der Waals surface area contributed by atoms with Crippen LogP contribution in [0.3, 0.4) is 0 Å². The first-order valence-corrected chi connectivity index (χ1v) is 25.8. The number of aryl methyl sites for hydroxylation is 3. The van der Waals surface area contributed by atoms with Gasteiger partial charge in [-0.1, -0.05) is 288 Å². The number of fused-ring (bicyclic) bond motifs is 1. The van der Waals surface area contributed by atoms with Crippen LogP contribution >= 0.6 is 0 Å². The summed E-state index contributed by atoms with van der Waals surface area (Å²) in [7, 11) is 0. The first-order valence-electron chi connectivity index (χ1n) is 25.8. The molecule has 1 aliphatic carbocycles. The van der Waals surface area contributed by atoms with E-state index in [0.717, 1.165) is 5.92 Å². The molecule has 1 aliphatic rings. The van der Waals surface area contributed by atoms with E-state index in [1.807, 2.05) is 47.6 Å². The molecule has 0 nitrogen and oxygen atoms in total. The predicted octanol–water partition coefficient (Wildman–Crippen LogP) is 21.8. The highest BCUT2D eigenvalue weighted by Crippen LogP contribution is 2.52. The molecule has 0 amide bonds. The predicted molar refractivity (Wildman–Crippen MR) is 319 cm³/mol. The van der Waals surface area contributed by atoms with Crippen LogP contribution < -0.4 is 0 Å².